The van der Waals surface area contributed by atoms with E-state index >= 15 is 0 Å². The van der Waals surface area contributed by atoms with E-state index in [-0.39, 0.29) is 5.82 Å². The fourth-order valence-electron chi connectivity index (χ4n) is 5.38. The van der Waals surface area contributed by atoms with Gasteiger partial charge in [0, 0.05) is 28.1 Å². The molecule has 2 heterocycles. The molecule has 184 valence electrons. The maximum absolute atomic E-state index is 13.7. The van der Waals surface area contributed by atoms with Crippen LogP contribution in [0.3, 0.4) is 0 Å². The Hall–Kier alpha value is -2.98. The second-order valence-electron chi connectivity index (χ2n) is 9.40. The summed E-state index contributed by atoms with van der Waals surface area (Å²) >= 11 is 3.59. The van der Waals surface area contributed by atoms with Crippen LogP contribution >= 0.6 is 15.9 Å². The van der Waals surface area contributed by atoms with Crippen molar-refractivity contribution in [2.75, 3.05) is 19.6 Å². The maximum Gasteiger partial charge on any atom is 0.123 e. The minimum Gasteiger partial charge on any atom is -0.361 e. The number of nitrogens with one attached hydrogen (secondary N) is 1. The Labute approximate surface area is 219 Å². The van der Waals surface area contributed by atoms with Gasteiger partial charge in [0.05, 0.1) is 18.2 Å². The lowest BCUT2D eigenvalue weighted by atomic mass is 9.81. The van der Waals surface area contributed by atoms with E-state index in [9.17, 15) is 9.65 Å². The highest BCUT2D eigenvalue weighted by Crippen LogP contribution is 2.45. The Morgan fingerprint density at radius 2 is 1.94 bits per heavy atom. The smallest absolute Gasteiger partial charge is 0.123 e. The number of aromatic amines is 1. The molecule has 4 aromatic rings. The van der Waals surface area contributed by atoms with Gasteiger partial charge in [-0.25, -0.2) is 4.39 Å². The van der Waals surface area contributed by atoms with Gasteiger partial charge < -0.3 is 14.6 Å². The lowest BCUT2D eigenvalue weighted by Crippen LogP contribution is -2.31. The molecule has 0 spiro atoms. The molecule has 0 amide bonds. The third-order valence-corrected chi connectivity index (χ3v) is 7.82. The van der Waals surface area contributed by atoms with Crippen molar-refractivity contribution in [1.29, 1.82) is 5.26 Å². The predicted octanol–water partition coefficient (Wildman–Crippen LogP) is 7.06. The van der Waals surface area contributed by atoms with E-state index in [0.717, 1.165) is 65.6 Å². The predicted molar refractivity (Wildman–Crippen MR) is 144 cm³/mol. The van der Waals surface area contributed by atoms with Gasteiger partial charge in [-0.15, -0.1) is 0 Å². The van der Waals surface area contributed by atoms with E-state index in [2.05, 4.69) is 63.2 Å². The van der Waals surface area contributed by atoms with Gasteiger partial charge in [-0.05, 0) is 97.1 Å². The second kappa shape index (κ2) is 10.6. The summed E-state index contributed by atoms with van der Waals surface area (Å²) in [5, 5.41) is 10.6. The summed E-state index contributed by atoms with van der Waals surface area (Å²) in [5.41, 5.74) is 5.58. The van der Waals surface area contributed by atoms with Gasteiger partial charge in [0.1, 0.15) is 11.4 Å². The first-order valence-corrected chi connectivity index (χ1v) is 13.2. The van der Waals surface area contributed by atoms with E-state index < -0.39 is 5.60 Å². The molecule has 1 N–H and O–H groups in total. The number of likely N-dealkylation sites (N-methyl/N-ethyl adjacent to an activating group) is 1. The average molecular weight is 546 g/mol. The molecule has 4 nitrogen and oxygen atoms in total. The second-order valence-corrected chi connectivity index (χ2v) is 10.3. The van der Waals surface area contributed by atoms with Gasteiger partial charge in [-0.2, -0.15) is 5.26 Å². The Morgan fingerprint density at radius 3 is 2.72 bits per heavy atom. The molecule has 1 aromatic heterocycles. The molecule has 0 aliphatic carbocycles. The molecular formula is C30H29BrFN3O. The molecule has 1 atom stereocenters. The molecular weight excluding hydrogens is 517 g/mol. The average Bonchev–Trinajstić information content (AvgIpc) is 3.47. The van der Waals surface area contributed by atoms with Crippen LogP contribution in [0, 0.1) is 17.1 Å². The zero-order chi connectivity index (χ0) is 25.1. The number of nitrogens with zero attached hydrogens (tertiary/aromatic N) is 2. The standard InChI is InChI=1S/C30H29BrFN3O/c1-2-35(15-12-22-19-34-29-11-7-25(31)17-27(22)29)14-3-13-30(24-5-8-26(32)9-6-24)28-10-4-21(18-33)16-23(28)20-36-30/h4-11,16-17,19,34H,2-3,12-15,20H2,1H3. The van der Waals surface area contributed by atoms with Crippen molar-refractivity contribution >= 4 is 26.8 Å². The minimum absolute atomic E-state index is 0.256. The number of hydrogen-bond acceptors (Lipinski definition) is 3. The summed E-state index contributed by atoms with van der Waals surface area (Å²) in [5.74, 6) is -0.256. The maximum atomic E-state index is 13.7. The first kappa shape index (κ1) is 24.7. The van der Waals surface area contributed by atoms with Crippen molar-refractivity contribution in [3.05, 3.63) is 105 Å². The SMILES string of the molecule is CCN(CCCC1(c2ccc(F)cc2)OCc2cc(C#N)ccc21)CCc1c[nH]c2ccc(Br)cc12. The number of nitriles is 1. The van der Waals surface area contributed by atoms with Crippen molar-refractivity contribution in [1.82, 2.24) is 9.88 Å². The molecule has 36 heavy (non-hydrogen) atoms. The molecule has 3 aromatic carbocycles. The lowest BCUT2D eigenvalue weighted by molar-refractivity contribution is -0.0145. The zero-order valence-electron chi connectivity index (χ0n) is 20.4. The van der Waals surface area contributed by atoms with Gasteiger partial charge in [0.2, 0.25) is 0 Å². The highest BCUT2D eigenvalue weighted by atomic mass is 79.9. The topological polar surface area (TPSA) is 52.0 Å². The van der Waals surface area contributed by atoms with E-state index in [1.54, 1.807) is 0 Å². The summed E-state index contributed by atoms with van der Waals surface area (Å²) in [6.45, 7) is 5.55. The molecule has 0 saturated carbocycles. The normalized spacial score (nSPS) is 17.0. The van der Waals surface area contributed by atoms with Crippen molar-refractivity contribution in [3.63, 3.8) is 0 Å². The van der Waals surface area contributed by atoms with Gasteiger partial charge in [-0.1, -0.05) is 41.1 Å². The molecule has 1 aliphatic rings. The van der Waals surface area contributed by atoms with Crippen LogP contribution in [0.15, 0.2) is 71.3 Å². The van der Waals surface area contributed by atoms with Crippen LogP contribution in [-0.2, 0) is 23.4 Å². The number of aromatic nitrogens is 1. The Bertz CT molecular complexity index is 1410. The fourth-order valence-corrected chi connectivity index (χ4v) is 5.74. The van der Waals surface area contributed by atoms with Crippen LogP contribution < -0.4 is 0 Å². The monoisotopic (exact) mass is 545 g/mol. The zero-order valence-corrected chi connectivity index (χ0v) is 21.9. The molecule has 0 fully saturated rings. The molecule has 0 bridgehead atoms. The number of H-pyrrole nitrogens is 1. The van der Waals surface area contributed by atoms with E-state index in [0.29, 0.717) is 12.2 Å². The van der Waals surface area contributed by atoms with Crippen LogP contribution in [0.4, 0.5) is 4.39 Å². The first-order chi connectivity index (χ1) is 17.5. The highest BCUT2D eigenvalue weighted by molar-refractivity contribution is 9.10. The van der Waals surface area contributed by atoms with Crippen molar-refractivity contribution in [2.24, 2.45) is 0 Å². The summed E-state index contributed by atoms with van der Waals surface area (Å²) in [6.07, 6.45) is 4.81. The third-order valence-electron chi connectivity index (χ3n) is 7.33. The number of ether oxygens (including phenoxy) is 1. The van der Waals surface area contributed by atoms with E-state index in [1.807, 2.05) is 30.3 Å². The van der Waals surface area contributed by atoms with Crippen LogP contribution in [0.2, 0.25) is 0 Å². The van der Waals surface area contributed by atoms with Crippen molar-refractivity contribution in [2.45, 2.75) is 38.4 Å². The van der Waals surface area contributed by atoms with Crippen LogP contribution in [0.5, 0.6) is 0 Å². The largest absolute Gasteiger partial charge is 0.361 e. The molecule has 1 unspecified atom stereocenters. The van der Waals surface area contributed by atoms with Crippen LogP contribution in [0.1, 0.15) is 47.6 Å². The third kappa shape index (κ3) is 4.84. The quantitative estimate of drug-likeness (QED) is 0.245. The lowest BCUT2D eigenvalue weighted by Gasteiger charge is -2.32. The molecule has 6 heteroatoms. The van der Waals surface area contributed by atoms with Gasteiger partial charge in [0.25, 0.3) is 0 Å². The highest BCUT2D eigenvalue weighted by Gasteiger charge is 2.41. The number of benzene rings is 3. The van der Waals surface area contributed by atoms with Gasteiger partial charge in [-0.3, -0.25) is 0 Å². The molecule has 0 radical (unpaired) electrons. The van der Waals surface area contributed by atoms with Crippen LogP contribution in [0.25, 0.3) is 10.9 Å². The summed E-state index contributed by atoms with van der Waals surface area (Å²) in [4.78, 5) is 5.86. The number of hydrogen-bond donors (Lipinski definition) is 1. The molecule has 5 rings (SSSR count). The summed E-state index contributed by atoms with van der Waals surface area (Å²) in [6, 6.07) is 21.0. The Balaban J connectivity index is 1.30. The summed E-state index contributed by atoms with van der Waals surface area (Å²) < 4.78 is 21.3. The summed E-state index contributed by atoms with van der Waals surface area (Å²) in [7, 11) is 0. The Morgan fingerprint density at radius 1 is 1.11 bits per heavy atom. The fraction of sp³-hybridized carbons (Fsp3) is 0.300. The first-order valence-electron chi connectivity index (χ1n) is 12.4. The number of fused-ring (bicyclic) bond motifs is 2. The number of rotatable bonds is 9. The van der Waals surface area contributed by atoms with Crippen LogP contribution in [-0.4, -0.2) is 29.5 Å². The van der Waals surface area contributed by atoms with Gasteiger partial charge >= 0.3 is 0 Å². The van der Waals surface area contributed by atoms with Gasteiger partial charge in [0.15, 0.2) is 0 Å². The van der Waals surface area contributed by atoms with Crippen molar-refractivity contribution < 1.29 is 9.13 Å². The van der Waals surface area contributed by atoms with E-state index in [4.69, 9.17) is 4.74 Å². The van der Waals surface area contributed by atoms with Crippen molar-refractivity contribution in [3.8, 4) is 6.07 Å². The minimum atomic E-state index is -0.625. The van der Waals surface area contributed by atoms with E-state index in [1.165, 1.54) is 23.1 Å². The Kier molecular flexibility index (Phi) is 7.25. The number of halogens is 2. The molecule has 0 saturated heterocycles. The molecule has 1 aliphatic heterocycles.